The van der Waals surface area contributed by atoms with Gasteiger partial charge in [0.1, 0.15) is 0 Å². The Balaban J connectivity index is 2.96. The average Bonchev–Trinajstić information content (AvgIpc) is 2.42. The zero-order valence-electron chi connectivity index (χ0n) is 7.50. The van der Waals surface area contributed by atoms with Crippen molar-refractivity contribution < 1.29 is 4.42 Å². The molecule has 0 aliphatic carbocycles. The minimum Gasteiger partial charge on any atom is -0.441 e. The van der Waals surface area contributed by atoms with E-state index < -0.39 is 0 Å². The van der Waals surface area contributed by atoms with Gasteiger partial charge in [0.05, 0.1) is 5.69 Å². The predicted molar refractivity (Wildman–Crippen MR) is 49.8 cm³/mol. The van der Waals surface area contributed by atoms with E-state index in [2.05, 4.69) is 18.5 Å². The zero-order chi connectivity index (χ0) is 8.97. The molecule has 0 aliphatic heterocycles. The van der Waals surface area contributed by atoms with Gasteiger partial charge in [-0.3, -0.25) is 0 Å². The lowest BCUT2D eigenvalue weighted by Crippen LogP contribution is -1.81. The first-order valence-corrected chi connectivity index (χ1v) is 4.03. The van der Waals surface area contributed by atoms with Crippen LogP contribution in [0.1, 0.15) is 24.3 Å². The Morgan fingerprint density at radius 2 is 2.33 bits per heavy atom. The van der Waals surface area contributed by atoms with Crippen molar-refractivity contribution in [2.24, 2.45) is 0 Å². The smallest absolute Gasteiger partial charge is 0.192 e. The largest absolute Gasteiger partial charge is 0.441 e. The normalized spacial score (nSPS) is 10.8. The van der Waals surface area contributed by atoms with E-state index in [1.54, 1.807) is 6.08 Å². The van der Waals surface area contributed by atoms with E-state index in [1.807, 2.05) is 19.1 Å². The number of rotatable bonds is 3. The number of hydrogen-bond donors (Lipinski definition) is 0. The second-order valence-electron chi connectivity index (χ2n) is 2.49. The van der Waals surface area contributed by atoms with Crippen LogP contribution in [-0.2, 0) is 6.42 Å². The first-order valence-electron chi connectivity index (χ1n) is 4.03. The molecule has 2 nitrogen and oxygen atoms in total. The molecule has 0 aromatic carbocycles. The molecular formula is C10H13NO. The van der Waals surface area contributed by atoms with E-state index in [9.17, 15) is 0 Å². The van der Waals surface area contributed by atoms with Crippen molar-refractivity contribution in [1.82, 2.24) is 4.98 Å². The molecule has 0 N–H and O–H groups in total. The van der Waals surface area contributed by atoms with Gasteiger partial charge in [-0.25, -0.2) is 4.98 Å². The van der Waals surface area contributed by atoms with Crippen molar-refractivity contribution in [2.45, 2.75) is 20.3 Å². The van der Waals surface area contributed by atoms with Crippen molar-refractivity contribution in [3.8, 4) is 0 Å². The molecule has 1 rings (SSSR count). The minimum atomic E-state index is 0.718. The van der Waals surface area contributed by atoms with Crippen molar-refractivity contribution in [2.75, 3.05) is 0 Å². The molecule has 0 saturated carbocycles. The van der Waals surface area contributed by atoms with E-state index in [0.29, 0.717) is 0 Å². The van der Waals surface area contributed by atoms with Gasteiger partial charge in [0.15, 0.2) is 11.7 Å². The predicted octanol–water partition coefficient (Wildman–Crippen LogP) is 2.74. The minimum absolute atomic E-state index is 0.718. The van der Waals surface area contributed by atoms with E-state index >= 15 is 0 Å². The number of aromatic nitrogens is 1. The molecule has 1 aromatic heterocycles. The summed E-state index contributed by atoms with van der Waals surface area (Å²) in [5.74, 6) is 1.56. The van der Waals surface area contributed by atoms with Crippen LogP contribution in [0, 0.1) is 6.92 Å². The van der Waals surface area contributed by atoms with Crippen LogP contribution in [0.15, 0.2) is 23.1 Å². The summed E-state index contributed by atoms with van der Waals surface area (Å²) in [4.78, 5) is 4.23. The third-order valence-electron chi connectivity index (χ3n) is 1.55. The molecule has 1 aromatic rings. The van der Waals surface area contributed by atoms with Gasteiger partial charge in [0, 0.05) is 6.92 Å². The topological polar surface area (TPSA) is 26.0 Å². The highest BCUT2D eigenvalue weighted by atomic mass is 16.4. The summed E-state index contributed by atoms with van der Waals surface area (Å²) in [5, 5.41) is 0. The van der Waals surface area contributed by atoms with E-state index in [0.717, 1.165) is 23.8 Å². The van der Waals surface area contributed by atoms with E-state index in [1.165, 1.54) is 0 Å². The van der Waals surface area contributed by atoms with Gasteiger partial charge in [-0.05, 0) is 12.5 Å². The Bertz CT molecular complexity index is 297. The van der Waals surface area contributed by atoms with Crippen LogP contribution in [0.2, 0.25) is 0 Å². The molecule has 0 saturated heterocycles. The molecular weight excluding hydrogens is 150 g/mol. The first kappa shape index (κ1) is 8.78. The quantitative estimate of drug-likeness (QED) is 0.640. The van der Waals surface area contributed by atoms with Gasteiger partial charge in [-0.1, -0.05) is 25.7 Å². The Hall–Kier alpha value is -1.31. The van der Waals surface area contributed by atoms with Gasteiger partial charge in [-0.15, -0.1) is 0 Å². The Kier molecular flexibility index (Phi) is 2.86. The summed E-state index contributed by atoms with van der Waals surface area (Å²) in [6, 6.07) is 0. The Morgan fingerprint density at radius 3 is 2.92 bits per heavy atom. The maximum atomic E-state index is 5.36. The highest BCUT2D eigenvalue weighted by Crippen LogP contribution is 2.12. The summed E-state index contributed by atoms with van der Waals surface area (Å²) < 4.78 is 5.36. The molecule has 0 fully saturated rings. The van der Waals surface area contributed by atoms with Crippen LogP contribution in [0.5, 0.6) is 0 Å². The Labute approximate surface area is 72.6 Å². The summed E-state index contributed by atoms with van der Waals surface area (Å²) in [6.45, 7) is 7.50. The molecule has 0 aliphatic rings. The average molecular weight is 163 g/mol. The summed E-state index contributed by atoms with van der Waals surface area (Å²) in [7, 11) is 0. The van der Waals surface area contributed by atoms with Crippen LogP contribution in [0.25, 0.3) is 6.08 Å². The lowest BCUT2D eigenvalue weighted by Gasteiger charge is -1.87. The van der Waals surface area contributed by atoms with E-state index in [-0.39, 0.29) is 0 Å². The third-order valence-corrected chi connectivity index (χ3v) is 1.55. The highest BCUT2D eigenvalue weighted by Gasteiger charge is 2.04. The molecule has 0 bridgehead atoms. The second-order valence-corrected chi connectivity index (χ2v) is 2.49. The number of aryl methyl sites for hydroxylation is 2. The van der Waals surface area contributed by atoms with E-state index in [4.69, 9.17) is 4.42 Å². The lowest BCUT2D eigenvalue weighted by atomic mass is 10.2. The van der Waals surface area contributed by atoms with Crippen LogP contribution in [-0.4, -0.2) is 4.98 Å². The van der Waals surface area contributed by atoms with Gasteiger partial charge >= 0.3 is 0 Å². The van der Waals surface area contributed by atoms with Gasteiger partial charge in [-0.2, -0.15) is 0 Å². The molecule has 0 unspecified atom stereocenters. The summed E-state index contributed by atoms with van der Waals surface area (Å²) in [6.07, 6.45) is 6.34. The first-order chi connectivity index (χ1) is 5.77. The highest BCUT2D eigenvalue weighted by molar-refractivity contribution is 5.47. The zero-order valence-corrected chi connectivity index (χ0v) is 7.50. The van der Waals surface area contributed by atoms with Crippen LogP contribution in [0.3, 0.4) is 0 Å². The van der Waals surface area contributed by atoms with Gasteiger partial charge < -0.3 is 4.42 Å². The standard InChI is InChI=1S/C10H13NO/c1-4-6-7-10-9(5-2)11-8(3)12-10/h4,6-7H,1,5H2,2-3H3/b7-6-. The maximum absolute atomic E-state index is 5.36. The van der Waals surface area contributed by atoms with Gasteiger partial charge in [0.25, 0.3) is 0 Å². The fourth-order valence-electron chi connectivity index (χ4n) is 1.02. The van der Waals surface area contributed by atoms with Crippen LogP contribution >= 0.6 is 0 Å². The van der Waals surface area contributed by atoms with Crippen LogP contribution in [0.4, 0.5) is 0 Å². The SMILES string of the molecule is C=C/C=C\c1oc(C)nc1CC. The van der Waals surface area contributed by atoms with Gasteiger partial charge in [0.2, 0.25) is 0 Å². The number of oxazole rings is 1. The third kappa shape index (κ3) is 1.84. The molecule has 0 radical (unpaired) electrons. The fraction of sp³-hybridized carbons (Fsp3) is 0.300. The summed E-state index contributed by atoms with van der Waals surface area (Å²) >= 11 is 0. The molecule has 0 spiro atoms. The molecule has 2 heteroatoms. The maximum Gasteiger partial charge on any atom is 0.192 e. The monoisotopic (exact) mass is 163 g/mol. The Morgan fingerprint density at radius 1 is 1.58 bits per heavy atom. The molecule has 1 heterocycles. The number of hydrogen-bond acceptors (Lipinski definition) is 2. The molecule has 12 heavy (non-hydrogen) atoms. The van der Waals surface area contributed by atoms with Crippen molar-refractivity contribution >= 4 is 6.08 Å². The number of allylic oxidation sites excluding steroid dienone is 2. The number of nitrogens with zero attached hydrogens (tertiary/aromatic N) is 1. The van der Waals surface area contributed by atoms with Crippen LogP contribution < -0.4 is 0 Å². The van der Waals surface area contributed by atoms with Crippen molar-refractivity contribution in [3.05, 3.63) is 36.1 Å². The second kappa shape index (κ2) is 3.90. The van der Waals surface area contributed by atoms with Crippen molar-refractivity contribution in [3.63, 3.8) is 0 Å². The lowest BCUT2D eigenvalue weighted by molar-refractivity contribution is 0.512. The summed E-state index contributed by atoms with van der Waals surface area (Å²) in [5.41, 5.74) is 1.01. The molecule has 0 atom stereocenters. The fourth-order valence-corrected chi connectivity index (χ4v) is 1.02. The molecule has 64 valence electrons. The molecule has 0 amide bonds. The van der Waals surface area contributed by atoms with Crippen molar-refractivity contribution in [1.29, 1.82) is 0 Å².